The molecule has 1 nitrogen and oxygen atoms in total. The summed E-state index contributed by atoms with van der Waals surface area (Å²) >= 11 is 0. The van der Waals surface area contributed by atoms with Crippen molar-refractivity contribution in [3.8, 4) is 0 Å². The third kappa shape index (κ3) is 16.2. The van der Waals surface area contributed by atoms with Crippen LogP contribution in [0.15, 0.2) is 72.8 Å². The van der Waals surface area contributed by atoms with Crippen LogP contribution in [0.2, 0.25) is 0 Å². The van der Waals surface area contributed by atoms with Gasteiger partial charge in [0.05, 0.1) is 0 Å². The number of ether oxygens (including phenoxy) is 1. The Bertz CT molecular complexity index is 348. The van der Waals surface area contributed by atoms with Gasteiger partial charge in [-0.05, 0) is 45.1 Å². The Kier molecular flexibility index (Phi) is 22.8. The summed E-state index contributed by atoms with van der Waals surface area (Å²) in [7, 11) is 0. The van der Waals surface area contributed by atoms with Crippen LogP contribution < -0.4 is 0 Å². The van der Waals surface area contributed by atoms with Gasteiger partial charge in [0.1, 0.15) is 11.5 Å². The first-order valence-electron chi connectivity index (χ1n) is 7.25. The molecule has 0 spiro atoms. The highest BCUT2D eigenvalue weighted by molar-refractivity contribution is 5.24. The van der Waals surface area contributed by atoms with Crippen molar-refractivity contribution in [1.29, 1.82) is 0 Å². The Labute approximate surface area is 126 Å². The van der Waals surface area contributed by atoms with Crippen LogP contribution in [-0.4, -0.2) is 0 Å². The molecule has 0 atom stereocenters. The van der Waals surface area contributed by atoms with Crippen LogP contribution in [0.5, 0.6) is 0 Å². The second kappa shape index (κ2) is 19.6. The van der Waals surface area contributed by atoms with Crippen LogP contribution in [0.3, 0.4) is 0 Å². The SMILES string of the molecule is C=C/C(=C\C=C(C)C)O/C(C=C)=C/C=C\C.CC.CC. The molecule has 114 valence electrons. The van der Waals surface area contributed by atoms with Gasteiger partial charge in [-0.3, -0.25) is 0 Å². The maximum Gasteiger partial charge on any atom is 0.126 e. The number of hydrogen-bond acceptors (Lipinski definition) is 1. The fourth-order valence-electron chi connectivity index (χ4n) is 0.863. The fraction of sp³-hybridized carbons (Fsp3) is 0.368. The van der Waals surface area contributed by atoms with Crippen LogP contribution >= 0.6 is 0 Å². The van der Waals surface area contributed by atoms with Crippen LogP contribution in [0, 0.1) is 0 Å². The van der Waals surface area contributed by atoms with Crippen LogP contribution in [0.4, 0.5) is 0 Å². The molecule has 0 aliphatic rings. The van der Waals surface area contributed by atoms with E-state index in [1.807, 2.05) is 78.8 Å². The van der Waals surface area contributed by atoms with Gasteiger partial charge in [0.2, 0.25) is 0 Å². The lowest BCUT2D eigenvalue weighted by Gasteiger charge is -2.05. The predicted molar refractivity (Wildman–Crippen MR) is 94.6 cm³/mol. The van der Waals surface area contributed by atoms with Gasteiger partial charge >= 0.3 is 0 Å². The highest BCUT2D eigenvalue weighted by Crippen LogP contribution is 2.09. The first-order valence-corrected chi connectivity index (χ1v) is 7.25. The van der Waals surface area contributed by atoms with E-state index in [-0.39, 0.29) is 0 Å². The number of hydrogen-bond donors (Lipinski definition) is 0. The van der Waals surface area contributed by atoms with Crippen LogP contribution in [0.25, 0.3) is 0 Å². The minimum absolute atomic E-state index is 0.700. The summed E-state index contributed by atoms with van der Waals surface area (Å²) in [5.41, 5.74) is 1.21. The van der Waals surface area contributed by atoms with E-state index in [0.717, 1.165) is 0 Å². The molecule has 0 bridgehead atoms. The Hall–Kier alpha value is -1.76. The van der Waals surface area contributed by atoms with Crippen molar-refractivity contribution >= 4 is 0 Å². The standard InChI is InChI=1S/C15H20O.2C2H6/c1-6-9-10-14(7-2)16-15(8-3)12-11-13(4)5;2*1-2/h6-12H,2-3H2,1,4-5H3;2*1-2H3/b9-6-,14-10+,15-12+;;. The summed E-state index contributed by atoms with van der Waals surface area (Å²) in [6.07, 6.45) is 12.9. The monoisotopic (exact) mass is 276 g/mol. The molecule has 0 unspecified atom stereocenters. The molecule has 0 saturated heterocycles. The molecule has 0 aliphatic heterocycles. The largest absolute Gasteiger partial charge is 0.457 e. The minimum atomic E-state index is 0.700. The maximum atomic E-state index is 5.59. The molecule has 0 aromatic carbocycles. The van der Waals surface area contributed by atoms with Crippen molar-refractivity contribution in [2.45, 2.75) is 48.5 Å². The minimum Gasteiger partial charge on any atom is -0.457 e. The van der Waals surface area contributed by atoms with Gasteiger partial charge in [0.15, 0.2) is 0 Å². The van der Waals surface area contributed by atoms with Gasteiger partial charge in [-0.1, -0.05) is 64.7 Å². The number of allylic oxidation sites excluding steroid dienone is 8. The zero-order valence-corrected chi connectivity index (χ0v) is 14.4. The van der Waals surface area contributed by atoms with Crippen molar-refractivity contribution in [2.75, 3.05) is 0 Å². The third-order valence-electron chi connectivity index (χ3n) is 1.67. The number of rotatable bonds is 6. The first kappa shape index (κ1) is 23.3. The Morgan fingerprint density at radius 3 is 1.60 bits per heavy atom. The van der Waals surface area contributed by atoms with E-state index >= 15 is 0 Å². The van der Waals surface area contributed by atoms with E-state index in [9.17, 15) is 0 Å². The van der Waals surface area contributed by atoms with E-state index in [4.69, 9.17) is 4.74 Å². The van der Waals surface area contributed by atoms with E-state index in [0.29, 0.717) is 11.5 Å². The topological polar surface area (TPSA) is 9.23 Å². The second-order valence-electron chi connectivity index (χ2n) is 3.42. The molecule has 0 saturated carbocycles. The van der Waals surface area contributed by atoms with Crippen LogP contribution in [-0.2, 0) is 4.74 Å². The lowest BCUT2D eigenvalue weighted by atomic mass is 10.3. The maximum absolute atomic E-state index is 5.59. The molecule has 0 aromatic rings. The molecular weight excluding hydrogens is 244 g/mol. The second-order valence-corrected chi connectivity index (χ2v) is 3.42. The van der Waals surface area contributed by atoms with E-state index in [1.54, 1.807) is 12.2 Å². The molecule has 0 aliphatic carbocycles. The van der Waals surface area contributed by atoms with E-state index < -0.39 is 0 Å². The summed E-state index contributed by atoms with van der Waals surface area (Å²) in [5.74, 6) is 1.41. The summed E-state index contributed by atoms with van der Waals surface area (Å²) < 4.78 is 5.59. The van der Waals surface area contributed by atoms with E-state index in [2.05, 4.69) is 13.2 Å². The van der Waals surface area contributed by atoms with Gasteiger partial charge in [-0.2, -0.15) is 0 Å². The average molecular weight is 276 g/mol. The molecule has 20 heavy (non-hydrogen) atoms. The summed E-state index contributed by atoms with van der Waals surface area (Å²) in [5, 5.41) is 0. The fourth-order valence-corrected chi connectivity index (χ4v) is 0.863. The lowest BCUT2D eigenvalue weighted by molar-refractivity contribution is 0.337. The normalized spacial score (nSPS) is 10.6. The van der Waals surface area contributed by atoms with Crippen molar-refractivity contribution < 1.29 is 4.74 Å². The molecular formula is C19H32O. The molecule has 0 aromatic heterocycles. The van der Waals surface area contributed by atoms with E-state index in [1.165, 1.54) is 5.57 Å². The molecule has 0 amide bonds. The summed E-state index contributed by atoms with van der Waals surface area (Å²) in [6.45, 7) is 21.4. The zero-order chi connectivity index (χ0) is 16.4. The lowest BCUT2D eigenvalue weighted by Crippen LogP contribution is -1.87. The molecule has 0 rings (SSSR count). The molecule has 0 fully saturated rings. The molecule has 0 radical (unpaired) electrons. The first-order chi connectivity index (χ1) is 9.63. The van der Waals surface area contributed by atoms with Crippen molar-refractivity contribution in [1.82, 2.24) is 0 Å². The van der Waals surface area contributed by atoms with Gasteiger partial charge in [0, 0.05) is 0 Å². The molecule has 0 heterocycles. The van der Waals surface area contributed by atoms with Crippen molar-refractivity contribution in [3.63, 3.8) is 0 Å². The average Bonchev–Trinajstić information content (AvgIpc) is 2.50. The highest BCUT2D eigenvalue weighted by Gasteiger charge is 1.94. The molecule has 0 N–H and O–H groups in total. The van der Waals surface area contributed by atoms with Crippen molar-refractivity contribution in [3.05, 3.63) is 72.8 Å². The smallest absolute Gasteiger partial charge is 0.126 e. The molecule has 1 heteroatoms. The Morgan fingerprint density at radius 1 is 0.800 bits per heavy atom. The predicted octanol–water partition coefficient (Wildman–Crippen LogP) is 6.74. The van der Waals surface area contributed by atoms with Crippen LogP contribution in [0.1, 0.15) is 48.5 Å². The Morgan fingerprint density at radius 2 is 1.25 bits per heavy atom. The van der Waals surface area contributed by atoms with Crippen molar-refractivity contribution in [2.24, 2.45) is 0 Å². The highest BCUT2D eigenvalue weighted by atomic mass is 16.5. The summed E-state index contributed by atoms with van der Waals surface area (Å²) in [6, 6.07) is 0. The van der Waals surface area contributed by atoms with Gasteiger partial charge in [-0.25, -0.2) is 0 Å². The summed E-state index contributed by atoms with van der Waals surface area (Å²) in [4.78, 5) is 0. The van der Waals surface area contributed by atoms with Gasteiger partial charge < -0.3 is 4.74 Å². The zero-order valence-electron chi connectivity index (χ0n) is 14.4. The quantitative estimate of drug-likeness (QED) is 0.385. The third-order valence-corrected chi connectivity index (χ3v) is 1.67. The van der Waals surface area contributed by atoms with Gasteiger partial charge in [0.25, 0.3) is 0 Å². The Balaban J connectivity index is -0.000000656. The van der Waals surface area contributed by atoms with Gasteiger partial charge in [-0.15, -0.1) is 0 Å².